The smallest absolute Gasteiger partial charge is 0.319 e. The summed E-state index contributed by atoms with van der Waals surface area (Å²) in [6.07, 6.45) is 8.83. The van der Waals surface area contributed by atoms with Crippen LogP contribution in [0.2, 0.25) is 0 Å². The Bertz CT molecular complexity index is 2780. The van der Waals surface area contributed by atoms with Crippen molar-refractivity contribution in [2.45, 2.75) is 75.9 Å². The zero-order valence-electron chi connectivity index (χ0n) is 39.5. The molecule has 0 radical (unpaired) electrons. The molecule has 5 fully saturated rings. The lowest BCUT2D eigenvalue weighted by Crippen LogP contribution is -2.54. The minimum Gasteiger partial charge on any atom is -0.457 e. The predicted octanol–water partition coefficient (Wildman–Crippen LogP) is 5.41. The molecule has 6 amide bonds. The number of nitrogens with zero attached hydrogens (tertiary/aromatic N) is 10. The molecule has 2 aromatic heterocycles. The van der Waals surface area contributed by atoms with Crippen LogP contribution < -0.4 is 20.7 Å². The van der Waals surface area contributed by atoms with E-state index in [2.05, 4.69) is 39.5 Å². The average Bonchev–Trinajstić information content (AvgIpc) is 3.91. The maximum absolute atomic E-state index is 13.8. The number of piperidine rings is 4. The molecule has 364 valence electrons. The molecule has 3 aromatic carbocycles. The zero-order valence-corrected chi connectivity index (χ0v) is 39.5. The molecule has 8 heterocycles. The second-order valence-corrected chi connectivity index (χ2v) is 19.7. The van der Waals surface area contributed by atoms with Crippen molar-refractivity contribution in [2.75, 3.05) is 82.6 Å². The molecule has 6 aliphatic heterocycles. The molecule has 0 spiro atoms. The molecule has 6 aliphatic rings. The first-order valence-electron chi connectivity index (χ1n) is 25.1. The van der Waals surface area contributed by atoms with Crippen LogP contribution in [0.5, 0.6) is 11.5 Å². The number of rotatable bonds is 10. The van der Waals surface area contributed by atoms with Gasteiger partial charge in [-0.3, -0.25) is 39.2 Å². The van der Waals surface area contributed by atoms with Crippen molar-refractivity contribution in [3.8, 4) is 22.8 Å². The van der Waals surface area contributed by atoms with Crippen molar-refractivity contribution in [1.82, 2.24) is 49.6 Å². The maximum Gasteiger partial charge on any atom is 0.319 e. The van der Waals surface area contributed by atoms with Crippen molar-refractivity contribution in [3.63, 3.8) is 0 Å². The zero-order chi connectivity index (χ0) is 47.9. The fourth-order valence-electron chi connectivity index (χ4n) is 11.6. The number of para-hydroxylation sites is 1. The van der Waals surface area contributed by atoms with Crippen molar-refractivity contribution in [1.29, 1.82) is 0 Å². The van der Waals surface area contributed by atoms with Gasteiger partial charge in [-0.1, -0.05) is 18.2 Å². The number of fused-ring (bicyclic) bond motifs is 2. The molecule has 0 bridgehead atoms. The Labute approximate surface area is 406 Å². The Morgan fingerprint density at radius 1 is 0.729 bits per heavy atom. The van der Waals surface area contributed by atoms with Crippen molar-refractivity contribution < 1.29 is 28.7 Å². The molecular weight excluding hydrogens is 889 g/mol. The lowest BCUT2D eigenvalue weighted by atomic mass is 9.93. The molecule has 5 saturated heterocycles. The molecule has 70 heavy (non-hydrogen) atoms. The van der Waals surface area contributed by atoms with Crippen LogP contribution in [0.3, 0.4) is 0 Å². The third-order valence-electron chi connectivity index (χ3n) is 15.5. The van der Waals surface area contributed by atoms with Gasteiger partial charge in [0.25, 0.3) is 11.8 Å². The number of aromatic nitrogens is 4. The number of carbonyl (C=O) groups is 5. The number of hydrogen-bond donors (Lipinski definition) is 2. The van der Waals surface area contributed by atoms with Crippen LogP contribution in [0.25, 0.3) is 22.3 Å². The van der Waals surface area contributed by atoms with E-state index in [4.69, 9.17) is 20.6 Å². The van der Waals surface area contributed by atoms with E-state index in [1.54, 1.807) is 12.1 Å². The van der Waals surface area contributed by atoms with Gasteiger partial charge in [-0.25, -0.2) is 19.4 Å². The van der Waals surface area contributed by atoms with E-state index in [0.717, 1.165) is 161 Å². The highest BCUT2D eigenvalue weighted by Gasteiger charge is 2.45. The summed E-state index contributed by atoms with van der Waals surface area (Å²) in [6, 6.07) is 22.7. The van der Waals surface area contributed by atoms with Crippen LogP contribution in [-0.4, -0.2) is 158 Å². The van der Waals surface area contributed by atoms with Crippen molar-refractivity contribution in [2.24, 2.45) is 5.92 Å². The number of imide groups is 2. The van der Waals surface area contributed by atoms with Gasteiger partial charge in [-0.2, -0.15) is 5.10 Å². The fourth-order valence-corrected chi connectivity index (χ4v) is 11.6. The van der Waals surface area contributed by atoms with Crippen LogP contribution in [0, 0.1) is 5.92 Å². The number of hydrogen-bond acceptors (Lipinski definition) is 13. The van der Waals surface area contributed by atoms with Gasteiger partial charge in [0, 0.05) is 82.6 Å². The second kappa shape index (κ2) is 19.5. The Kier molecular flexibility index (Phi) is 12.7. The molecule has 3 N–H and O–H groups in total. The molecule has 0 saturated carbocycles. The molecule has 18 heteroatoms. The van der Waals surface area contributed by atoms with E-state index in [0.29, 0.717) is 28.9 Å². The quantitative estimate of drug-likeness (QED) is 0.169. The number of carbonyl (C=O) groups excluding carboxylic acids is 5. The normalized spacial score (nSPS) is 22.2. The number of piperazine rings is 1. The van der Waals surface area contributed by atoms with Crippen LogP contribution in [-0.2, 0) is 9.59 Å². The Balaban J connectivity index is 0.625. The Hall–Kier alpha value is -6.92. The Morgan fingerprint density at radius 3 is 2.19 bits per heavy atom. The summed E-state index contributed by atoms with van der Waals surface area (Å²) >= 11 is 0. The van der Waals surface area contributed by atoms with E-state index in [1.807, 2.05) is 60.7 Å². The minimum atomic E-state index is -0.974. The van der Waals surface area contributed by atoms with Gasteiger partial charge in [0.1, 0.15) is 35.4 Å². The first kappa shape index (κ1) is 45.5. The standard InChI is InChI=1S/C52H60N12O6/c53-47-45-46(35-8-11-40(12-9-35)70-39-6-2-1-3-7-39)57-64(48(45)55-33-54-47)38-5-4-21-62(32-38)36-19-25-61(26-20-36)52(69)60-23-17-34(18-24-60)16-22-58-27-29-59(30-28-58)37-10-13-41-42(31-37)51(68)63(50(41)67)43-14-15-44(65)56-49(43)66/h1-3,6-13,31,33-34,36,38,43H,4-5,14-30,32H2,(H2,53,54,55)(H,56,65,66)/t38-,43?/m1/s1. The van der Waals surface area contributed by atoms with E-state index in [9.17, 15) is 24.0 Å². The molecule has 5 aromatic rings. The van der Waals surface area contributed by atoms with Crippen LogP contribution in [0.1, 0.15) is 84.5 Å². The van der Waals surface area contributed by atoms with E-state index < -0.39 is 29.7 Å². The van der Waals surface area contributed by atoms with E-state index in [-0.39, 0.29) is 24.9 Å². The topological polar surface area (TPSA) is 196 Å². The molecular formula is C52H60N12O6. The fraction of sp³-hybridized carbons (Fsp3) is 0.462. The number of amides is 6. The summed E-state index contributed by atoms with van der Waals surface area (Å²) in [5.74, 6) is 0.542. The second-order valence-electron chi connectivity index (χ2n) is 19.7. The highest BCUT2D eigenvalue weighted by atomic mass is 16.5. The monoisotopic (exact) mass is 948 g/mol. The number of nitrogen functional groups attached to an aromatic ring is 1. The Morgan fingerprint density at radius 2 is 1.44 bits per heavy atom. The van der Waals surface area contributed by atoms with E-state index in [1.165, 1.54) is 6.33 Å². The number of nitrogens with two attached hydrogens (primary N) is 1. The lowest BCUT2D eigenvalue weighted by Gasteiger charge is -2.43. The minimum absolute atomic E-state index is 0.0918. The first-order valence-corrected chi connectivity index (χ1v) is 25.1. The number of nitrogens with one attached hydrogen (secondary N) is 1. The summed E-state index contributed by atoms with van der Waals surface area (Å²) in [5.41, 5.74) is 10.4. The van der Waals surface area contributed by atoms with E-state index >= 15 is 0 Å². The van der Waals surface area contributed by atoms with Crippen molar-refractivity contribution in [3.05, 3.63) is 90.3 Å². The van der Waals surface area contributed by atoms with Gasteiger partial charge in [-0.15, -0.1) is 0 Å². The highest BCUT2D eigenvalue weighted by Crippen LogP contribution is 2.37. The van der Waals surface area contributed by atoms with Crippen molar-refractivity contribution >= 4 is 52.2 Å². The molecule has 18 nitrogen and oxygen atoms in total. The number of ether oxygens (including phenoxy) is 1. The summed E-state index contributed by atoms with van der Waals surface area (Å²) in [7, 11) is 0. The van der Waals surface area contributed by atoms with Crippen LogP contribution in [0.4, 0.5) is 16.3 Å². The lowest BCUT2D eigenvalue weighted by molar-refractivity contribution is -0.136. The third kappa shape index (κ3) is 9.05. The number of anilines is 2. The predicted molar refractivity (Wildman–Crippen MR) is 262 cm³/mol. The van der Waals surface area contributed by atoms with Gasteiger partial charge in [0.15, 0.2) is 5.65 Å². The van der Waals surface area contributed by atoms with Crippen LogP contribution in [0.15, 0.2) is 79.1 Å². The van der Waals surface area contributed by atoms with Gasteiger partial charge in [0.05, 0.1) is 22.6 Å². The maximum atomic E-state index is 13.8. The van der Waals surface area contributed by atoms with Gasteiger partial charge >= 0.3 is 6.03 Å². The highest BCUT2D eigenvalue weighted by molar-refractivity contribution is 6.23. The summed E-state index contributed by atoms with van der Waals surface area (Å²) in [6.45, 7) is 9.41. The largest absolute Gasteiger partial charge is 0.457 e. The summed E-state index contributed by atoms with van der Waals surface area (Å²) < 4.78 is 8.11. The number of benzene rings is 3. The van der Waals surface area contributed by atoms with Gasteiger partial charge < -0.3 is 25.2 Å². The molecule has 11 rings (SSSR count). The molecule has 0 aliphatic carbocycles. The number of likely N-dealkylation sites (tertiary alicyclic amines) is 3. The first-order chi connectivity index (χ1) is 34.1. The number of urea groups is 1. The molecule has 2 atom stereocenters. The summed E-state index contributed by atoms with van der Waals surface area (Å²) in [4.78, 5) is 86.1. The summed E-state index contributed by atoms with van der Waals surface area (Å²) in [5, 5.41) is 8.20. The van der Waals surface area contributed by atoms with Crippen LogP contribution >= 0.6 is 0 Å². The SMILES string of the molecule is Nc1ncnc2c1c(-c1ccc(Oc3ccccc3)cc1)nn2[C@@H]1CCCN(C2CCN(C(=O)N3CCC(CCN4CCN(c5ccc6c(c5)C(=O)N(C5CCC(=O)NC5=O)C6=O)CC4)CC3)CC2)C1. The van der Waals surface area contributed by atoms with Gasteiger partial charge in [0.2, 0.25) is 11.8 Å². The van der Waals surface area contributed by atoms with Gasteiger partial charge in [-0.05, 0) is 125 Å². The third-order valence-corrected chi connectivity index (χ3v) is 15.5. The molecule has 1 unspecified atom stereocenters. The average molecular weight is 949 g/mol.